The SMILES string of the molecule is BC(=O)NC(Cc1ccc(O)cc1)C(=O)OC. The van der Waals surface area contributed by atoms with Gasteiger partial charge in [-0.3, -0.25) is 4.79 Å². The fraction of sp³-hybridized carbons (Fsp3) is 0.273. The fourth-order valence-corrected chi connectivity index (χ4v) is 1.45. The van der Waals surface area contributed by atoms with Crippen LogP contribution in [0.2, 0.25) is 0 Å². The summed E-state index contributed by atoms with van der Waals surface area (Å²) in [4.78, 5) is 22.4. The molecule has 0 heterocycles. The van der Waals surface area contributed by atoms with Crippen LogP contribution in [-0.4, -0.2) is 37.9 Å². The number of phenols is 1. The van der Waals surface area contributed by atoms with Crippen LogP contribution in [0, 0.1) is 0 Å². The predicted octanol–water partition coefficient (Wildman–Crippen LogP) is -0.181. The average Bonchev–Trinajstić information content (AvgIpc) is 2.29. The van der Waals surface area contributed by atoms with Crippen LogP contribution in [0.25, 0.3) is 0 Å². The van der Waals surface area contributed by atoms with E-state index in [1.54, 1.807) is 12.1 Å². The number of amides is 1. The number of hydrogen-bond donors (Lipinski definition) is 2. The Balaban J connectivity index is 2.75. The van der Waals surface area contributed by atoms with E-state index in [9.17, 15) is 9.59 Å². The van der Waals surface area contributed by atoms with E-state index in [1.165, 1.54) is 27.1 Å². The van der Waals surface area contributed by atoms with Crippen LogP contribution in [0.1, 0.15) is 5.56 Å². The lowest BCUT2D eigenvalue weighted by Crippen LogP contribution is -2.42. The molecule has 1 unspecified atom stereocenters. The molecule has 1 rings (SSSR count). The number of hydrogen-bond acceptors (Lipinski definition) is 4. The molecule has 0 aromatic heterocycles. The molecule has 1 atom stereocenters. The maximum absolute atomic E-state index is 11.4. The zero-order chi connectivity index (χ0) is 12.8. The summed E-state index contributed by atoms with van der Waals surface area (Å²) in [6.07, 6.45) is 0.326. The average molecular weight is 235 g/mol. The van der Waals surface area contributed by atoms with E-state index < -0.39 is 12.0 Å². The zero-order valence-electron chi connectivity index (χ0n) is 9.77. The van der Waals surface area contributed by atoms with Crippen molar-refractivity contribution in [1.82, 2.24) is 5.32 Å². The smallest absolute Gasteiger partial charge is 0.328 e. The highest BCUT2D eigenvalue weighted by molar-refractivity contribution is 6.57. The molecule has 90 valence electrons. The molecule has 5 nitrogen and oxygen atoms in total. The molecule has 0 saturated carbocycles. The van der Waals surface area contributed by atoms with Crippen molar-refractivity contribution in [1.29, 1.82) is 0 Å². The molecule has 0 aliphatic heterocycles. The lowest BCUT2D eigenvalue weighted by Gasteiger charge is -2.15. The Morgan fingerprint density at radius 1 is 1.41 bits per heavy atom. The standard InChI is InChI=1S/C11H14BNO4/c1-17-10(15)9(13-11(12)16)6-7-2-4-8(14)5-3-7/h2-5,9,14H,6,12H2,1H3,(H,13,16). The van der Waals surface area contributed by atoms with Crippen molar-refractivity contribution in [2.24, 2.45) is 0 Å². The lowest BCUT2D eigenvalue weighted by molar-refractivity contribution is -0.142. The molecule has 0 radical (unpaired) electrons. The highest BCUT2D eigenvalue weighted by Gasteiger charge is 2.20. The number of esters is 1. The molecule has 0 fully saturated rings. The van der Waals surface area contributed by atoms with E-state index in [-0.39, 0.29) is 11.6 Å². The number of ether oxygens (including phenoxy) is 1. The summed E-state index contributed by atoms with van der Waals surface area (Å²) in [5.41, 5.74) is 0.826. The van der Waals surface area contributed by atoms with Crippen molar-refractivity contribution in [2.45, 2.75) is 12.5 Å². The summed E-state index contributed by atoms with van der Waals surface area (Å²) >= 11 is 0. The van der Waals surface area contributed by atoms with E-state index >= 15 is 0 Å². The number of benzene rings is 1. The van der Waals surface area contributed by atoms with E-state index in [0.717, 1.165) is 5.56 Å². The molecule has 1 amide bonds. The summed E-state index contributed by atoms with van der Waals surface area (Å²) in [6, 6.07) is 5.72. The van der Waals surface area contributed by atoms with Gasteiger partial charge in [-0.15, -0.1) is 0 Å². The van der Waals surface area contributed by atoms with Gasteiger partial charge in [0.15, 0.2) is 5.81 Å². The van der Waals surface area contributed by atoms with Crippen molar-refractivity contribution in [3.8, 4) is 5.75 Å². The number of rotatable bonds is 4. The van der Waals surface area contributed by atoms with Gasteiger partial charge in [0.1, 0.15) is 11.8 Å². The van der Waals surface area contributed by atoms with Crippen molar-refractivity contribution in [3.63, 3.8) is 0 Å². The Kier molecular flexibility index (Phi) is 4.57. The van der Waals surface area contributed by atoms with Crippen molar-refractivity contribution >= 4 is 19.6 Å². The Labute approximate surface area is 100 Å². The van der Waals surface area contributed by atoms with Gasteiger partial charge in [0.05, 0.1) is 7.11 Å². The van der Waals surface area contributed by atoms with E-state index in [0.29, 0.717) is 6.42 Å². The largest absolute Gasteiger partial charge is 0.508 e. The van der Waals surface area contributed by atoms with Crippen LogP contribution in [0.4, 0.5) is 4.79 Å². The second-order valence-electron chi connectivity index (χ2n) is 3.65. The van der Waals surface area contributed by atoms with Gasteiger partial charge in [0, 0.05) is 6.42 Å². The van der Waals surface area contributed by atoms with E-state index in [1.807, 2.05) is 0 Å². The second kappa shape index (κ2) is 5.93. The normalized spacial score (nSPS) is 11.6. The summed E-state index contributed by atoms with van der Waals surface area (Å²) in [5.74, 6) is -0.629. The third-order valence-corrected chi connectivity index (χ3v) is 2.24. The third-order valence-electron chi connectivity index (χ3n) is 2.24. The quantitative estimate of drug-likeness (QED) is 0.560. The topological polar surface area (TPSA) is 75.6 Å². The third kappa shape index (κ3) is 4.18. The summed E-state index contributed by atoms with van der Waals surface area (Å²) in [5, 5.41) is 11.6. The van der Waals surface area contributed by atoms with Gasteiger partial charge in [0.25, 0.3) is 0 Å². The second-order valence-corrected chi connectivity index (χ2v) is 3.65. The molecule has 0 bridgehead atoms. The predicted molar refractivity (Wildman–Crippen MR) is 64.7 cm³/mol. The highest BCUT2D eigenvalue weighted by atomic mass is 16.5. The molecule has 1 aromatic carbocycles. The maximum atomic E-state index is 11.4. The minimum absolute atomic E-state index is 0.155. The van der Waals surface area contributed by atoms with Crippen LogP contribution in [0.3, 0.4) is 0 Å². The fourth-order valence-electron chi connectivity index (χ4n) is 1.45. The van der Waals surface area contributed by atoms with Gasteiger partial charge < -0.3 is 15.2 Å². The summed E-state index contributed by atoms with van der Waals surface area (Å²) in [6.45, 7) is 0. The Bertz CT molecular complexity index is 404. The van der Waals surface area contributed by atoms with Gasteiger partial charge in [-0.05, 0) is 17.7 Å². The highest BCUT2D eigenvalue weighted by Crippen LogP contribution is 2.11. The van der Waals surface area contributed by atoms with Crippen LogP contribution in [0.5, 0.6) is 5.75 Å². The number of carbonyl (C=O) groups excluding carboxylic acids is 2. The van der Waals surface area contributed by atoms with Gasteiger partial charge in [-0.25, -0.2) is 4.79 Å². The molecule has 2 N–H and O–H groups in total. The molecule has 0 spiro atoms. The monoisotopic (exact) mass is 235 g/mol. The molecule has 6 heteroatoms. The van der Waals surface area contributed by atoms with Crippen LogP contribution in [-0.2, 0) is 16.0 Å². The van der Waals surface area contributed by atoms with Gasteiger partial charge in [0.2, 0.25) is 7.85 Å². The van der Waals surface area contributed by atoms with Crippen molar-refractivity contribution in [2.75, 3.05) is 7.11 Å². The minimum Gasteiger partial charge on any atom is -0.508 e. The molecular formula is C11H14BNO4. The molecule has 1 aromatic rings. The number of carbonyl (C=O) groups is 2. The van der Waals surface area contributed by atoms with Crippen LogP contribution >= 0.6 is 0 Å². The van der Waals surface area contributed by atoms with E-state index in [4.69, 9.17) is 5.11 Å². The Morgan fingerprint density at radius 3 is 2.47 bits per heavy atom. The molecule has 0 aliphatic rings. The first kappa shape index (κ1) is 13.1. The van der Waals surface area contributed by atoms with Crippen molar-refractivity contribution in [3.05, 3.63) is 29.8 Å². The summed E-state index contributed by atoms with van der Waals surface area (Å²) in [7, 11) is 2.61. The van der Waals surface area contributed by atoms with Gasteiger partial charge in [-0.2, -0.15) is 0 Å². The first-order chi connectivity index (χ1) is 8.02. The molecule has 17 heavy (non-hydrogen) atoms. The lowest BCUT2D eigenvalue weighted by atomic mass is 10.0. The van der Waals surface area contributed by atoms with Crippen LogP contribution < -0.4 is 5.32 Å². The van der Waals surface area contributed by atoms with Gasteiger partial charge >= 0.3 is 5.97 Å². The first-order valence-corrected chi connectivity index (χ1v) is 5.15. The molecular weight excluding hydrogens is 221 g/mol. The number of methoxy groups -OCH3 is 1. The van der Waals surface area contributed by atoms with Gasteiger partial charge in [-0.1, -0.05) is 12.1 Å². The zero-order valence-corrected chi connectivity index (χ0v) is 9.77. The number of phenolic OH excluding ortho intramolecular Hbond substituents is 1. The number of nitrogens with one attached hydrogen (secondary N) is 1. The molecule has 0 aliphatic carbocycles. The summed E-state index contributed by atoms with van der Waals surface area (Å²) < 4.78 is 4.61. The number of aromatic hydroxyl groups is 1. The Morgan fingerprint density at radius 2 is 2.00 bits per heavy atom. The van der Waals surface area contributed by atoms with Crippen molar-refractivity contribution < 1.29 is 19.4 Å². The van der Waals surface area contributed by atoms with E-state index in [2.05, 4.69) is 10.1 Å². The molecule has 0 saturated heterocycles. The minimum atomic E-state index is -0.706. The van der Waals surface area contributed by atoms with Crippen LogP contribution in [0.15, 0.2) is 24.3 Å². The maximum Gasteiger partial charge on any atom is 0.328 e. The Hall–Kier alpha value is -1.98. The first-order valence-electron chi connectivity index (χ1n) is 5.15.